The number of nitrogens with zero attached hydrogens (tertiary/aromatic N) is 4. The summed E-state index contributed by atoms with van der Waals surface area (Å²) in [5, 5.41) is 0. The van der Waals surface area contributed by atoms with E-state index in [0.717, 1.165) is 52.0 Å². The molecular weight excluding hydrogens is 492 g/mol. The van der Waals surface area contributed by atoms with E-state index >= 15 is 0 Å². The molecule has 210 valence electrons. The van der Waals surface area contributed by atoms with Crippen LogP contribution in [-0.4, -0.2) is 119 Å². The van der Waals surface area contributed by atoms with E-state index in [1.54, 1.807) is 33.1 Å². The van der Waals surface area contributed by atoms with Crippen molar-refractivity contribution in [1.29, 1.82) is 0 Å². The first-order chi connectivity index (χ1) is 17.6. The van der Waals surface area contributed by atoms with Gasteiger partial charge >= 0.3 is 0 Å². The maximum Gasteiger partial charge on any atom is 0.248 e. The molecule has 2 aliphatic rings. The van der Waals surface area contributed by atoms with E-state index in [1.165, 1.54) is 17.8 Å². The van der Waals surface area contributed by atoms with Gasteiger partial charge in [-0.3, -0.25) is 9.69 Å². The highest BCUT2D eigenvalue weighted by Gasteiger charge is 2.32. The molecule has 1 aromatic rings. The third kappa shape index (κ3) is 7.44. The minimum atomic E-state index is -3.69. The van der Waals surface area contributed by atoms with Crippen molar-refractivity contribution in [2.75, 3.05) is 73.7 Å². The van der Waals surface area contributed by atoms with Crippen molar-refractivity contribution in [2.24, 2.45) is 0 Å². The summed E-state index contributed by atoms with van der Waals surface area (Å²) < 4.78 is 38.5. The van der Waals surface area contributed by atoms with Gasteiger partial charge in [0.05, 0.1) is 18.6 Å². The molecule has 1 aromatic carbocycles. The van der Waals surface area contributed by atoms with Gasteiger partial charge < -0.3 is 19.3 Å². The number of sulfonamides is 1. The molecule has 1 saturated heterocycles. The van der Waals surface area contributed by atoms with Crippen LogP contribution in [0.4, 0.5) is 0 Å². The molecule has 9 nitrogen and oxygen atoms in total. The van der Waals surface area contributed by atoms with Crippen LogP contribution in [-0.2, 0) is 19.6 Å². The van der Waals surface area contributed by atoms with Gasteiger partial charge in [0.15, 0.2) is 0 Å². The molecule has 1 unspecified atom stereocenters. The number of piperazine rings is 1. The average molecular weight is 539 g/mol. The summed E-state index contributed by atoms with van der Waals surface area (Å²) in [6, 6.07) is 4.21. The summed E-state index contributed by atoms with van der Waals surface area (Å²) in [6.07, 6.45) is 4.37. The fraction of sp³-hybridized carbons (Fsp3) is 0.741. The fourth-order valence-electron chi connectivity index (χ4n) is 5.64. The molecule has 0 bridgehead atoms. The number of ether oxygens (including phenoxy) is 2. The number of aryl methyl sites for hydroxylation is 2. The van der Waals surface area contributed by atoms with Crippen LogP contribution in [0.2, 0.25) is 0 Å². The molecule has 37 heavy (non-hydrogen) atoms. The molecular formula is C27H46N4O5S. The second-order valence-electron chi connectivity index (χ2n) is 10.4. The van der Waals surface area contributed by atoms with Crippen LogP contribution in [0.1, 0.15) is 43.7 Å². The zero-order valence-electron chi connectivity index (χ0n) is 23.5. The maximum absolute atomic E-state index is 13.2. The van der Waals surface area contributed by atoms with Crippen molar-refractivity contribution >= 4 is 15.9 Å². The average Bonchev–Trinajstić information content (AvgIpc) is 2.89. The minimum Gasteiger partial charge on any atom is -0.497 e. The van der Waals surface area contributed by atoms with Gasteiger partial charge in [-0.15, -0.1) is 0 Å². The highest BCUT2D eigenvalue weighted by atomic mass is 32.2. The number of carbonyl (C=O) groups is 1. The first-order valence-electron chi connectivity index (χ1n) is 13.5. The van der Waals surface area contributed by atoms with Crippen molar-refractivity contribution in [3.05, 3.63) is 23.3 Å². The molecule has 10 heteroatoms. The number of benzene rings is 1. The monoisotopic (exact) mass is 538 g/mol. The van der Waals surface area contributed by atoms with E-state index in [9.17, 15) is 13.2 Å². The largest absolute Gasteiger partial charge is 0.497 e. The van der Waals surface area contributed by atoms with Crippen LogP contribution in [0.15, 0.2) is 17.0 Å². The van der Waals surface area contributed by atoms with E-state index < -0.39 is 10.0 Å². The Morgan fingerprint density at radius 1 is 1.08 bits per heavy atom. The Kier molecular flexibility index (Phi) is 10.8. The molecule has 1 saturated carbocycles. The van der Waals surface area contributed by atoms with Gasteiger partial charge in [0, 0.05) is 58.9 Å². The molecule has 1 aliphatic carbocycles. The zero-order chi connectivity index (χ0) is 27.2. The summed E-state index contributed by atoms with van der Waals surface area (Å²) in [4.78, 5) is 20.1. The van der Waals surface area contributed by atoms with E-state index in [-0.39, 0.29) is 36.6 Å². The number of rotatable bonds is 11. The van der Waals surface area contributed by atoms with Gasteiger partial charge in [0.2, 0.25) is 15.9 Å². The summed E-state index contributed by atoms with van der Waals surface area (Å²) in [5.41, 5.74) is 1.28. The van der Waals surface area contributed by atoms with Crippen LogP contribution < -0.4 is 4.74 Å². The third-order valence-electron chi connectivity index (χ3n) is 8.04. The molecule has 3 rings (SSSR count). The second kappa shape index (κ2) is 13.4. The normalized spacial score (nSPS) is 21.8. The number of amides is 1. The molecule has 2 fully saturated rings. The zero-order valence-corrected chi connectivity index (χ0v) is 24.3. The Bertz CT molecular complexity index is 987. The highest BCUT2D eigenvalue weighted by molar-refractivity contribution is 7.89. The predicted octanol–water partition coefficient (Wildman–Crippen LogP) is 2.36. The smallest absolute Gasteiger partial charge is 0.248 e. The molecule has 0 N–H and O–H groups in total. The summed E-state index contributed by atoms with van der Waals surface area (Å²) >= 11 is 0. The molecule has 1 aliphatic heterocycles. The van der Waals surface area contributed by atoms with Crippen molar-refractivity contribution in [1.82, 2.24) is 19.0 Å². The first kappa shape index (κ1) is 29.8. The Hall–Kier alpha value is -1.72. The Morgan fingerprint density at radius 2 is 1.73 bits per heavy atom. The lowest BCUT2D eigenvalue weighted by Gasteiger charge is -2.43. The molecule has 0 spiro atoms. The maximum atomic E-state index is 13.2. The minimum absolute atomic E-state index is 0.0404. The lowest BCUT2D eigenvalue weighted by Crippen LogP contribution is -2.53. The van der Waals surface area contributed by atoms with Crippen LogP contribution in [0.5, 0.6) is 5.75 Å². The van der Waals surface area contributed by atoms with Crippen LogP contribution in [0, 0.1) is 13.8 Å². The fourth-order valence-corrected chi connectivity index (χ4v) is 7.19. The van der Waals surface area contributed by atoms with E-state index in [0.29, 0.717) is 22.9 Å². The van der Waals surface area contributed by atoms with Crippen molar-refractivity contribution in [3.8, 4) is 5.75 Å². The van der Waals surface area contributed by atoms with Gasteiger partial charge in [-0.1, -0.05) is 6.92 Å². The summed E-state index contributed by atoms with van der Waals surface area (Å²) in [5.74, 6) is 0.583. The van der Waals surface area contributed by atoms with Gasteiger partial charge in [0.25, 0.3) is 0 Å². The standard InChI is InChI=1S/C27H46N4O5S/c1-7-30-11-13-31(14-12-30)24-10-8-9-23(19-24)29(5)26(32)20-36-16-15-28(4)37(33,34)27-21(2)17-25(35-6)18-22(27)3/h17-18,23-24H,7-16,19-20H2,1-6H3/t23?,24-/m0/s1. The predicted molar refractivity (Wildman–Crippen MR) is 146 cm³/mol. The molecule has 1 amide bonds. The van der Waals surface area contributed by atoms with Gasteiger partial charge in [0.1, 0.15) is 12.4 Å². The molecule has 1 heterocycles. The van der Waals surface area contributed by atoms with Gasteiger partial charge in [-0.05, 0) is 69.3 Å². The van der Waals surface area contributed by atoms with Crippen LogP contribution >= 0.6 is 0 Å². The summed E-state index contributed by atoms with van der Waals surface area (Å²) in [6.45, 7) is 11.6. The number of hydrogen-bond donors (Lipinski definition) is 0. The second-order valence-corrected chi connectivity index (χ2v) is 12.4. The lowest BCUT2D eigenvalue weighted by molar-refractivity contribution is -0.138. The number of methoxy groups -OCH3 is 1. The van der Waals surface area contributed by atoms with E-state index in [4.69, 9.17) is 9.47 Å². The first-order valence-corrected chi connectivity index (χ1v) is 14.9. The van der Waals surface area contributed by atoms with Gasteiger partial charge in [-0.2, -0.15) is 4.31 Å². The highest BCUT2D eigenvalue weighted by Crippen LogP contribution is 2.28. The Morgan fingerprint density at radius 3 is 2.32 bits per heavy atom. The van der Waals surface area contributed by atoms with Crippen LogP contribution in [0.3, 0.4) is 0 Å². The molecule has 0 radical (unpaired) electrons. The molecule has 2 atom stereocenters. The van der Waals surface area contributed by atoms with E-state index in [1.807, 2.05) is 11.9 Å². The van der Waals surface area contributed by atoms with Gasteiger partial charge in [-0.25, -0.2) is 8.42 Å². The topological polar surface area (TPSA) is 82.6 Å². The van der Waals surface area contributed by atoms with Crippen LogP contribution in [0.25, 0.3) is 0 Å². The van der Waals surface area contributed by atoms with Crippen molar-refractivity contribution < 1.29 is 22.7 Å². The number of likely N-dealkylation sites (N-methyl/N-ethyl adjacent to an activating group) is 3. The number of carbonyl (C=O) groups excluding carboxylic acids is 1. The quantitative estimate of drug-likeness (QED) is 0.400. The van der Waals surface area contributed by atoms with E-state index in [2.05, 4.69) is 16.7 Å². The van der Waals surface area contributed by atoms with Crippen molar-refractivity contribution in [3.63, 3.8) is 0 Å². The number of hydrogen-bond acceptors (Lipinski definition) is 7. The summed E-state index contributed by atoms with van der Waals surface area (Å²) in [7, 11) is 1.29. The molecule has 0 aromatic heterocycles. The third-order valence-corrected chi connectivity index (χ3v) is 10.2. The van der Waals surface area contributed by atoms with Crippen molar-refractivity contribution in [2.45, 2.75) is 63.4 Å². The Balaban J connectivity index is 1.46. The lowest BCUT2D eigenvalue weighted by atomic mass is 9.88. The Labute approximate surface area is 223 Å². The SMILES string of the molecule is CCN1CCN([C@H]2CCCC(N(C)C(=O)COCCN(C)S(=O)(=O)c3c(C)cc(OC)cc3C)C2)CC1.